The molecule has 2 aromatic rings. The highest BCUT2D eigenvalue weighted by Gasteiger charge is 2.07. The number of pyridine rings is 1. The molecular weight excluding hydrogens is 308 g/mol. The Balaban J connectivity index is 1.77. The van der Waals surface area contributed by atoms with Crippen molar-refractivity contribution in [1.82, 2.24) is 15.4 Å². The third-order valence-electron chi connectivity index (χ3n) is 3.38. The summed E-state index contributed by atoms with van der Waals surface area (Å²) in [5.74, 6) is -0.869. The molecule has 0 aliphatic rings. The molecule has 0 atom stereocenters. The van der Waals surface area contributed by atoms with Crippen molar-refractivity contribution in [3.8, 4) is 0 Å². The van der Waals surface area contributed by atoms with Crippen LogP contribution >= 0.6 is 0 Å². The molecule has 0 spiro atoms. The molecule has 1 aromatic carbocycles. The molecule has 1 aromatic heterocycles. The Morgan fingerprint density at radius 1 is 1.04 bits per heavy atom. The van der Waals surface area contributed by atoms with Crippen LogP contribution in [0.2, 0.25) is 0 Å². The van der Waals surface area contributed by atoms with Gasteiger partial charge in [-0.05, 0) is 31.5 Å². The van der Waals surface area contributed by atoms with E-state index in [9.17, 15) is 14.4 Å². The molecule has 0 saturated heterocycles. The molecule has 3 N–H and O–H groups in total. The molecule has 0 bridgehead atoms. The molecule has 0 fully saturated rings. The minimum atomic E-state index is -0.483. The van der Waals surface area contributed by atoms with E-state index in [1.54, 1.807) is 12.1 Å². The number of hydrogen-bond acceptors (Lipinski definition) is 4. The van der Waals surface area contributed by atoms with Crippen molar-refractivity contribution < 1.29 is 9.59 Å². The second-order valence-corrected chi connectivity index (χ2v) is 5.44. The fourth-order valence-electron chi connectivity index (χ4n) is 2.16. The number of rotatable bonds is 5. The Kier molecular flexibility index (Phi) is 5.73. The first-order valence-electron chi connectivity index (χ1n) is 7.50. The van der Waals surface area contributed by atoms with Gasteiger partial charge in [-0.2, -0.15) is 0 Å². The average molecular weight is 328 g/mol. The third kappa shape index (κ3) is 4.98. The van der Waals surface area contributed by atoms with Crippen LogP contribution in [-0.2, 0) is 16.1 Å². The monoisotopic (exact) mass is 328 g/mol. The molecule has 2 amide bonds. The van der Waals surface area contributed by atoms with Gasteiger partial charge in [0.1, 0.15) is 6.54 Å². The highest BCUT2D eigenvalue weighted by atomic mass is 16.2. The highest BCUT2D eigenvalue weighted by Crippen LogP contribution is 2.15. The van der Waals surface area contributed by atoms with Crippen LogP contribution in [0, 0.1) is 13.8 Å². The van der Waals surface area contributed by atoms with E-state index in [1.165, 1.54) is 16.8 Å². The standard InChI is InChI=1S/C17H20N4O3/c1-12-6-7-14(13(2)9-12)18-10-15(22)19-20-16(23)11-21-8-4-3-5-17(21)24/h3-9,18H,10-11H2,1-2H3,(H,19,22)(H,20,23). The largest absolute Gasteiger partial charge is 0.376 e. The first-order valence-corrected chi connectivity index (χ1v) is 7.50. The molecule has 0 saturated carbocycles. The highest BCUT2D eigenvalue weighted by molar-refractivity contribution is 5.84. The van der Waals surface area contributed by atoms with Crippen molar-refractivity contribution >= 4 is 17.5 Å². The number of hydrogen-bond donors (Lipinski definition) is 3. The van der Waals surface area contributed by atoms with Gasteiger partial charge in [0.05, 0.1) is 6.54 Å². The Morgan fingerprint density at radius 3 is 2.50 bits per heavy atom. The van der Waals surface area contributed by atoms with Gasteiger partial charge in [-0.1, -0.05) is 23.8 Å². The van der Waals surface area contributed by atoms with Gasteiger partial charge in [0.25, 0.3) is 17.4 Å². The Hall–Kier alpha value is -3.09. The summed E-state index contributed by atoms with van der Waals surface area (Å²) >= 11 is 0. The number of benzene rings is 1. The third-order valence-corrected chi connectivity index (χ3v) is 3.38. The van der Waals surface area contributed by atoms with E-state index in [0.717, 1.165) is 16.8 Å². The van der Waals surface area contributed by atoms with Crippen molar-refractivity contribution in [2.45, 2.75) is 20.4 Å². The van der Waals surface area contributed by atoms with Crippen LogP contribution in [0.15, 0.2) is 47.4 Å². The van der Waals surface area contributed by atoms with Crippen LogP contribution in [0.1, 0.15) is 11.1 Å². The Labute approximate surface area is 139 Å². The maximum Gasteiger partial charge on any atom is 0.258 e. The summed E-state index contributed by atoms with van der Waals surface area (Å²) in [6, 6.07) is 10.5. The molecule has 126 valence electrons. The van der Waals surface area contributed by atoms with E-state index in [4.69, 9.17) is 0 Å². The van der Waals surface area contributed by atoms with Crippen molar-refractivity contribution in [2.24, 2.45) is 0 Å². The summed E-state index contributed by atoms with van der Waals surface area (Å²) in [5.41, 5.74) is 7.35. The minimum Gasteiger partial charge on any atom is -0.376 e. The van der Waals surface area contributed by atoms with E-state index in [0.29, 0.717) is 0 Å². The zero-order valence-electron chi connectivity index (χ0n) is 13.6. The quantitative estimate of drug-likeness (QED) is 0.706. The summed E-state index contributed by atoms with van der Waals surface area (Å²) < 4.78 is 1.25. The number of nitrogens with one attached hydrogen (secondary N) is 3. The zero-order valence-corrected chi connectivity index (χ0v) is 13.6. The molecule has 1 heterocycles. The van der Waals surface area contributed by atoms with Gasteiger partial charge in [0.15, 0.2) is 0 Å². The minimum absolute atomic E-state index is 0.0233. The van der Waals surface area contributed by atoms with Gasteiger partial charge in [-0.15, -0.1) is 0 Å². The second kappa shape index (κ2) is 7.96. The Morgan fingerprint density at radius 2 is 1.79 bits per heavy atom. The number of hydrazine groups is 1. The molecule has 0 unspecified atom stereocenters. The molecule has 7 heteroatoms. The lowest BCUT2D eigenvalue weighted by molar-refractivity contribution is -0.128. The average Bonchev–Trinajstić information content (AvgIpc) is 2.54. The van der Waals surface area contributed by atoms with Crippen LogP contribution < -0.4 is 21.7 Å². The number of amides is 2. The van der Waals surface area contributed by atoms with Crippen LogP contribution in [0.4, 0.5) is 5.69 Å². The van der Waals surface area contributed by atoms with Gasteiger partial charge in [0, 0.05) is 18.0 Å². The molecule has 2 rings (SSSR count). The fourth-order valence-corrected chi connectivity index (χ4v) is 2.16. The van der Waals surface area contributed by atoms with Gasteiger partial charge in [0.2, 0.25) is 0 Å². The van der Waals surface area contributed by atoms with Crippen LogP contribution in [-0.4, -0.2) is 22.9 Å². The maximum absolute atomic E-state index is 11.8. The summed E-state index contributed by atoms with van der Waals surface area (Å²) in [4.78, 5) is 35.0. The van der Waals surface area contributed by atoms with E-state index >= 15 is 0 Å². The molecule has 0 aliphatic carbocycles. The molecule has 0 radical (unpaired) electrons. The molecular formula is C17H20N4O3. The van der Waals surface area contributed by atoms with E-state index in [2.05, 4.69) is 16.2 Å². The van der Waals surface area contributed by atoms with Crippen molar-refractivity contribution in [2.75, 3.05) is 11.9 Å². The van der Waals surface area contributed by atoms with Gasteiger partial charge in [-0.25, -0.2) is 0 Å². The molecule has 24 heavy (non-hydrogen) atoms. The smallest absolute Gasteiger partial charge is 0.258 e. The summed E-state index contributed by atoms with van der Waals surface area (Å²) in [5, 5.41) is 3.00. The topological polar surface area (TPSA) is 92.2 Å². The number of carbonyl (C=O) groups is 2. The Bertz CT molecular complexity index is 798. The lowest BCUT2D eigenvalue weighted by atomic mass is 10.1. The second-order valence-electron chi connectivity index (χ2n) is 5.44. The lowest BCUT2D eigenvalue weighted by Crippen LogP contribution is -2.46. The van der Waals surface area contributed by atoms with Crippen molar-refractivity contribution in [1.29, 1.82) is 0 Å². The summed E-state index contributed by atoms with van der Waals surface area (Å²) in [7, 11) is 0. The number of aromatic nitrogens is 1. The van der Waals surface area contributed by atoms with Crippen LogP contribution in [0.3, 0.4) is 0 Å². The van der Waals surface area contributed by atoms with E-state index < -0.39 is 5.91 Å². The first kappa shape index (κ1) is 17.3. The van der Waals surface area contributed by atoms with E-state index in [-0.39, 0.29) is 24.6 Å². The lowest BCUT2D eigenvalue weighted by Gasteiger charge is -2.11. The fraction of sp³-hybridized carbons (Fsp3) is 0.235. The zero-order chi connectivity index (χ0) is 17.5. The van der Waals surface area contributed by atoms with E-state index in [1.807, 2.05) is 32.0 Å². The van der Waals surface area contributed by atoms with Crippen LogP contribution in [0.5, 0.6) is 0 Å². The SMILES string of the molecule is Cc1ccc(NCC(=O)NNC(=O)Cn2ccccc2=O)c(C)c1. The summed E-state index contributed by atoms with van der Waals surface area (Å²) in [6.07, 6.45) is 1.51. The number of anilines is 1. The van der Waals surface area contributed by atoms with Gasteiger partial charge >= 0.3 is 0 Å². The predicted octanol–water partition coefficient (Wildman–Crippen LogP) is 0.725. The maximum atomic E-state index is 11.8. The number of nitrogens with zero attached hydrogens (tertiary/aromatic N) is 1. The first-order chi connectivity index (χ1) is 11.5. The molecule has 0 aliphatic heterocycles. The molecule has 7 nitrogen and oxygen atoms in total. The van der Waals surface area contributed by atoms with Gasteiger partial charge in [-0.3, -0.25) is 25.2 Å². The summed E-state index contributed by atoms with van der Waals surface area (Å²) in [6.45, 7) is 3.81. The van der Waals surface area contributed by atoms with Crippen molar-refractivity contribution in [3.05, 3.63) is 64.1 Å². The van der Waals surface area contributed by atoms with Crippen molar-refractivity contribution in [3.63, 3.8) is 0 Å². The normalized spacial score (nSPS) is 10.1. The van der Waals surface area contributed by atoms with Crippen LogP contribution in [0.25, 0.3) is 0 Å². The number of carbonyl (C=O) groups excluding carboxylic acids is 2. The van der Waals surface area contributed by atoms with Gasteiger partial charge < -0.3 is 9.88 Å². The predicted molar refractivity (Wildman–Crippen MR) is 91.4 cm³/mol. The number of aryl methyl sites for hydroxylation is 2.